The number of carbonyl (C=O) groups excluding carboxylic acids is 1. The molecule has 1 amide bonds. The Kier molecular flexibility index (Phi) is 7.92. The van der Waals surface area contributed by atoms with Gasteiger partial charge in [0.25, 0.3) is 0 Å². The van der Waals surface area contributed by atoms with Crippen molar-refractivity contribution in [1.29, 1.82) is 0 Å². The summed E-state index contributed by atoms with van der Waals surface area (Å²) in [7, 11) is 1.68. The van der Waals surface area contributed by atoms with Gasteiger partial charge in [-0.25, -0.2) is 0 Å². The zero-order valence-electron chi connectivity index (χ0n) is 18.7. The number of amides is 1. The van der Waals surface area contributed by atoms with Gasteiger partial charge in [0, 0.05) is 12.5 Å². The maximum Gasteiger partial charge on any atom is 0.223 e. The molecule has 4 heteroatoms. The van der Waals surface area contributed by atoms with Crippen molar-refractivity contribution in [2.75, 3.05) is 26.7 Å². The second-order valence-electron chi connectivity index (χ2n) is 8.36. The molecule has 1 aliphatic rings. The first kappa shape index (κ1) is 22.4. The molecule has 4 nitrogen and oxygen atoms in total. The molecular formula is C26H36N2O2. The predicted molar refractivity (Wildman–Crippen MR) is 123 cm³/mol. The van der Waals surface area contributed by atoms with E-state index in [1.165, 1.54) is 5.56 Å². The second kappa shape index (κ2) is 10.6. The molecule has 0 aromatic heterocycles. The van der Waals surface area contributed by atoms with Crippen LogP contribution in [0.3, 0.4) is 0 Å². The van der Waals surface area contributed by atoms with Crippen LogP contribution in [0.15, 0.2) is 54.6 Å². The Morgan fingerprint density at radius 2 is 1.77 bits per heavy atom. The largest absolute Gasteiger partial charge is 0.497 e. The molecule has 0 spiro atoms. The molecule has 1 N–H and O–H groups in total. The van der Waals surface area contributed by atoms with E-state index in [0.29, 0.717) is 0 Å². The third-order valence-electron chi connectivity index (χ3n) is 6.71. The summed E-state index contributed by atoms with van der Waals surface area (Å²) in [6.45, 7) is 7.35. The van der Waals surface area contributed by atoms with Crippen molar-refractivity contribution in [2.24, 2.45) is 5.92 Å². The Morgan fingerprint density at radius 1 is 1.07 bits per heavy atom. The van der Waals surface area contributed by atoms with Crippen molar-refractivity contribution in [1.82, 2.24) is 10.2 Å². The van der Waals surface area contributed by atoms with Gasteiger partial charge in [0.15, 0.2) is 0 Å². The Labute approximate surface area is 181 Å². The molecule has 3 rings (SSSR count). The molecule has 0 aliphatic carbocycles. The summed E-state index contributed by atoms with van der Waals surface area (Å²) in [5, 5.41) is 3.43. The summed E-state index contributed by atoms with van der Waals surface area (Å²) < 4.78 is 5.41. The molecule has 1 aliphatic heterocycles. The van der Waals surface area contributed by atoms with Gasteiger partial charge in [-0.05, 0) is 68.5 Å². The minimum atomic E-state index is -0.337. The Bertz CT molecular complexity index is 794. The number of carbonyl (C=O) groups is 1. The molecule has 2 aromatic rings. The molecule has 0 radical (unpaired) electrons. The number of benzene rings is 2. The molecule has 2 aromatic carbocycles. The SMILES string of the molecule is CCC(CC)(NC(=O)C1CCN(CCc2ccccc2)CC1)c1cccc(OC)c1. The van der Waals surface area contributed by atoms with E-state index in [-0.39, 0.29) is 17.4 Å². The number of hydrogen-bond donors (Lipinski definition) is 1. The molecule has 0 atom stereocenters. The van der Waals surface area contributed by atoms with Crippen LogP contribution in [0, 0.1) is 5.92 Å². The van der Waals surface area contributed by atoms with Crippen LogP contribution in [-0.4, -0.2) is 37.6 Å². The number of likely N-dealkylation sites (tertiary alicyclic amines) is 1. The van der Waals surface area contributed by atoms with Crippen molar-refractivity contribution >= 4 is 5.91 Å². The van der Waals surface area contributed by atoms with E-state index in [1.807, 2.05) is 12.1 Å². The summed E-state index contributed by atoms with van der Waals surface area (Å²) in [6, 6.07) is 18.7. The quantitative estimate of drug-likeness (QED) is 0.649. The molecule has 162 valence electrons. The smallest absolute Gasteiger partial charge is 0.223 e. The number of hydrogen-bond acceptors (Lipinski definition) is 3. The van der Waals surface area contributed by atoms with Crippen molar-refractivity contribution < 1.29 is 9.53 Å². The lowest BCUT2D eigenvalue weighted by Crippen LogP contribution is -2.49. The minimum absolute atomic E-state index is 0.0982. The summed E-state index contributed by atoms with van der Waals surface area (Å²) >= 11 is 0. The van der Waals surface area contributed by atoms with E-state index in [9.17, 15) is 4.79 Å². The first-order valence-electron chi connectivity index (χ1n) is 11.3. The molecular weight excluding hydrogens is 372 g/mol. The van der Waals surface area contributed by atoms with E-state index < -0.39 is 0 Å². The highest BCUT2D eigenvalue weighted by Gasteiger charge is 2.34. The topological polar surface area (TPSA) is 41.6 Å². The zero-order chi connectivity index (χ0) is 21.4. The first-order chi connectivity index (χ1) is 14.6. The van der Waals surface area contributed by atoms with E-state index >= 15 is 0 Å². The van der Waals surface area contributed by atoms with Gasteiger partial charge in [-0.15, -0.1) is 0 Å². The van der Waals surface area contributed by atoms with Crippen molar-refractivity contribution in [2.45, 2.75) is 51.5 Å². The average molecular weight is 409 g/mol. The third-order valence-corrected chi connectivity index (χ3v) is 6.71. The Balaban J connectivity index is 1.56. The minimum Gasteiger partial charge on any atom is -0.497 e. The molecule has 1 saturated heterocycles. The molecule has 0 bridgehead atoms. The van der Waals surface area contributed by atoms with Gasteiger partial charge < -0.3 is 15.0 Å². The fraction of sp³-hybridized carbons (Fsp3) is 0.500. The number of ether oxygens (including phenoxy) is 1. The lowest BCUT2D eigenvalue weighted by atomic mass is 9.83. The number of piperidine rings is 1. The van der Waals surface area contributed by atoms with E-state index in [0.717, 1.165) is 63.1 Å². The van der Waals surface area contributed by atoms with Crippen molar-refractivity contribution in [3.05, 3.63) is 65.7 Å². The summed E-state index contributed by atoms with van der Waals surface area (Å²) in [6.07, 6.45) is 4.66. The van der Waals surface area contributed by atoms with Crippen molar-refractivity contribution in [3.63, 3.8) is 0 Å². The summed E-state index contributed by atoms with van der Waals surface area (Å²) in [5.41, 5.74) is 2.17. The van der Waals surface area contributed by atoms with Crippen LogP contribution in [0.4, 0.5) is 0 Å². The standard InChI is InChI=1S/C26H36N2O2/c1-4-26(5-2,23-12-9-13-24(20-23)30-3)27-25(29)22-15-18-28(19-16-22)17-14-21-10-7-6-8-11-21/h6-13,20,22H,4-5,14-19H2,1-3H3,(H,27,29). The normalized spacial score (nSPS) is 15.7. The van der Waals surface area contributed by atoms with Gasteiger partial charge in [0.2, 0.25) is 5.91 Å². The number of nitrogens with one attached hydrogen (secondary N) is 1. The number of methoxy groups -OCH3 is 1. The van der Waals surface area contributed by atoms with Crippen LogP contribution in [0.1, 0.15) is 50.7 Å². The molecule has 0 unspecified atom stereocenters. The van der Waals surface area contributed by atoms with Crippen LogP contribution in [0.25, 0.3) is 0 Å². The third kappa shape index (κ3) is 5.42. The number of rotatable bonds is 9. The fourth-order valence-corrected chi connectivity index (χ4v) is 4.52. The van der Waals surface area contributed by atoms with Crippen LogP contribution in [0.2, 0.25) is 0 Å². The summed E-state index contributed by atoms with van der Waals surface area (Å²) in [4.78, 5) is 15.7. The maximum atomic E-state index is 13.2. The van der Waals surface area contributed by atoms with Gasteiger partial charge in [-0.3, -0.25) is 4.79 Å². The Hall–Kier alpha value is -2.33. The van der Waals surface area contributed by atoms with Crippen LogP contribution >= 0.6 is 0 Å². The van der Waals surface area contributed by atoms with Crippen LogP contribution in [0.5, 0.6) is 5.75 Å². The first-order valence-corrected chi connectivity index (χ1v) is 11.3. The van der Waals surface area contributed by atoms with Gasteiger partial charge >= 0.3 is 0 Å². The zero-order valence-corrected chi connectivity index (χ0v) is 18.7. The molecule has 1 heterocycles. The highest BCUT2D eigenvalue weighted by Crippen LogP contribution is 2.32. The lowest BCUT2D eigenvalue weighted by molar-refractivity contribution is -0.128. The van der Waals surface area contributed by atoms with E-state index in [1.54, 1.807) is 7.11 Å². The molecule has 0 saturated carbocycles. The van der Waals surface area contributed by atoms with Gasteiger partial charge in [-0.2, -0.15) is 0 Å². The van der Waals surface area contributed by atoms with Crippen LogP contribution < -0.4 is 10.1 Å². The van der Waals surface area contributed by atoms with Gasteiger partial charge in [0.1, 0.15) is 5.75 Å². The second-order valence-corrected chi connectivity index (χ2v) is 8.36. The van der Waals surface area contributed by atoms with Gasteiger partial charge in [0.05, 0.1) is 12.6 Å². The lowest BCUT2D eigenvalue weighted by Gasteiger charge is -2.37. The molecule has 1 fully saturated rings. The molecule has 30 heavy (non-hydrogen) atoms. The monoisotopic (exact) mass is 408 g/mol. The van der Waals surface area contributed by atoms with E-state index in [4.69, 9.17) is 4.74 Å². The fourth-order valence-electron chi connectivity index (χ4n) is 4.52. The van der Waals surface area contributed by atoms with E-state index in [2.05, 4.69) is 66.5 Å². The highest BCUT2D eigenvalue weighted by molar-refractivity contribution is 5.79. The highest BCUT2D eigenvalue weighted by atomic mass is 16.5. The number of nitrogens with zero attached hydrogens (tertiary/aromatic N) is 1. The Morgan fingerprint density at radius 3 is 2.40 bits per heavy atom. The van der Waals surface area contributed by atoms with Crippen LogP contribution in [-0.2, 0) is 16.8 Å². The maximum absolute atomic E-state index is 13.2. The van der Waals surface area contributed by atoms with Crippen molar-refractivity contribution in [3.8, 4) is 5.75 Å². The summed E-state index contributed by atoms with van der Waals surface area (Å²) in [5.74, 6) is 1.13. The van der Waals surface area contributed by atoms with Gasteiger partial charge in [-0.1, -0.05) is 56.3 Å². The predicted octanol–water partition coefficient (Wildman–Crippen LogP) is 4.78. The average Bonchev–Trinajstić information content (AvgIpc) is 2.82.